The molecule has 0 aliphatic heterocycles. The van der Waals surface area contributed by atoms with Gasteiger partial charge in [0.05, 0.1) is 13.7 Å². The number of hydrogen-bond donors (Lipinski definition) is 4. The fourth-order valence-electron chi connectivity index (χ4n) is 3.22. The molecule has 0 spiro atoms. The lowest BCUT2D eigenvalue weighted by Crippen LogP contribution is -2.57. The molecule has 3 amide bonds. The van der Waals surface area contributed by atoms with Crippen molar-refractivity contribution >= 4 is 42.1 Å². The van der Waals surface area contributed by atoms with Gasteiger partial charge < -0.3 is 26.0 Å². The monoisotopic (exact) mass is 479 g/mol. The first-order valence-corrected chi connectivity index (χ1v) is 11.4. The van der Waals surface area contributed by atoms with E-state index in [2.05, 4.69) is 26.0 Å². The van der Waals surface area contributed by atoms with Crippen LogP contribution in [0.1, 0.15) is 24.2 Å². The van der Waals surface area contributed by atoms with E-state index in [0.29, 0.717) is 5.56 Å². The number of benzene rings is 2. The summed E-state index contributed by atoms with van der Waals surface area (Å²) >= 11 is 0. The highest BCUT2D eigenvalue weighted by Gasteiger charge is 2.29. The van der Waals surface area contributed by atoms with Crippen LogP contribution in [-0.4, -0.2) is 63.3 Å². The van der Waals surface area contributed by atoms with E-state index in [9.17, 15) is 19.2 Å². The number of Topliss-reactive ketones (excluding diaryl/α,β-unsaturated/α-hetero) is 1. The number of ketones is 1. The molecule has 0 unspecified atom stereocenters. The number of ether oxygens (including phenoxy) is 1. The van der Waals surface area contributed by atoms with Crippen molar-refractivity contribution in [2.75, 3.05) is 25.5 Å². The Labute approximate surface area is 206 Å². The molecular weight excluding hydrogens is 447 g/mol. The summed E-state index contributed by atoms with van der Waals surface area (Å²) in [6, 6.07) is 14.3. The average molecular weight is 479 g/mol. The van der Waals surface area contributed by atoms with Crippen LogP contribution < -0.4 is 26.7 Å². The van der Waals surface area contributed by atoms with Gasteiger partial charge in [0.25, 0.3) is 0 Å². The van der Waals surface area contributed by atoms with Crippen LogP contribution in [0.2, 0.25) is 6.82 Å². The lowest BCUT2D eigenvalue weighted by atomic mass is 9.73. The molecule has 0 saturated carbocycles. The molecular formula is C25H32BN4O5. The summed E-state index contributed by atoms with van der Waals surface area (Å²) in [6.07, 6.45) is -0.750. The summed E-state index contributed by atoms with van der Waals surface area (Å²) in [6.45, 7) is 5.27. The number of methoxy groups -OCH3 is 1. The third-order valence-electron chi connectivity index (χ3n) is 5.31. The third kappa shape index (κ3) is 8.81. The molecule has 0 aliphatic rings. The SMILES string of the molecule is C[B]c1ccc(C(=O)CNC(=O)[C@H](CNc2ccccc2)NC(=O)[C@@H](NC(=O)OC)C(C)C)cc1. The van der Waals surface area contributed by atoms with Crippen molar-refractivity contribution in [2.24, 2.45) is 5.92 Å². The fourth-order valence-corrected chi connectivity index (χ4v) is 3.22. The predicted octanol–water partition coefficient (Wildman–Crippen LogP) is 1.34. The topological polar surface area (TPSA) is 126 Å². The number of anilines is 1. The molecule has 2 rings (SSSR count). The molecule has 185 valence electrons. The summed E-state index contributed by atoms with van der Waals surface area (Å²) in [7, 11) is 3.12. The number of rotatable bonds is 12. The summed E-state index contributed by atoms with van der Waals surface area (Å²) in [5.41, 5.74) is 2.22. The minimum Gasteiger partial charge on any atom is -0.453 e. The van der Waals surface area contributed by atoms with Crippen molar-refractivity contribution < 1.29 is 23.9 Å². The van der Waals surface area contributed by atoms with E-state index in [1.807, 2.05) is 56.6 Å². The second kappa shape index (κ2) is 13.8. The van der Waals surface area contributed by atoms with Crippen LogP contribution in [0, 0.1) is 5.92 Å². The van der Waals surface area contributed by atoms with Crippen LogP contribution in [0.3, 0.4) is 0 Å². The summed E-state index contributed by atoms with van der Waals surface area (Å²) in [4.78, 5) is 50.1. The Morgan fingerprint density at radius 1 is 0.914 bits per heavy atom. The van der Waals surface area contributed by atoms with Crippen LogP contribution in [-0.2, 0) is 14.3 Å². The molecule has 0 bridgehead atoms. The normalized spacial score (nSPS) is 12.1. The summed E-state index contributed by atoms with van der Waals surface area (Å²) < 4.78 is 4.60. The first-order chi connectivity index (χ1) is 16.7. The summed E-state index contributed by atoms with van der Waals surface area (Å²) in [5.74, 6) is -1.59. The van der Waals surface area contributed by atoms with Crippen molar-refractivity contribution in [1.29, 1.82) is 0 Å². The number of carbonyl (C=O) groups excluding carboxylic acids is 4. The van der Waals surface area contributed by atoms with Crippen LogP contribution >= 0.6 is 0 Å². The van der Waals surface area contributed by atoms with Gasteiger partial charge in [-0.15, -0.1) is 0 Å². The van der Waals surface area contributed by atoms with Crippen molar-refractivity contribution in [1.82, 2.24) is 16.0 Å². The Morgan fingerprint density at radius 3 is 2.14 bits per heavy atom. The Bertz CT molecular complexity index is 999. The Hall–Kier alpha value is -3.82. The highest BCUT2D eigenvalue weighted by atomic mass is 16.5. The number of amides is 3. The maximum atomic E-state index is 13.0. The van der Waals surface area contributed by atoms with Crippen molar-refractivity contribution in [3.05, 3.63) is 60.2 Å². The number of hydrogen-bond acceptors (Lipinski definition) is 6. The largest absolute Gasteiger partial charge is 0.453 e. The Balaban J connectivity index is 2.09. The average Bonchev–Trinajstić information content (AvgIpc) is 2.88. The molecule has 0 heterocycles. The second-order valence-electron chi connectivity index (χ2n) is 8.22. The first kappa shape index (κ1) is 27.4. The zero-order valence-electron chi connectivity index (χ0n) is 20.5. The van der Waals surface area contributed by atoms with Gasteiger partial charge in [0.15, 0.2) is 5.78 Å². The van der Waals surface area contributed by atoms with Gasteiger partial charge in [0, 0.05) is 17.8 Å². The van der Waals surface area contributed by atoms with Gasteiger partial charge in [0.2, 0.25) is 11.8 Å². The molecule has 0 saturated heterocycles. The van der Waals surface area contributed by atoms with E-state index < -0.39 is 30.0 Å². The smallest absolute Gasteiger partial charge is 0.407 e. The molecule has 0 fully saturated rings. The van der Waals surface area contributed by atoms with Crippen molar-refractivity contribution in [3.63, 3.8) is 0 Å². The van der Waals surface area contributed by atoms with E-state index >= 15 is 0 Å². The maximum absolute atomic E-state index is 13.0. The van der Waals surface area contributed by atoms with Gasteiger partial charge in [-0.25, -0.2) is 4.79 Å². The van der Waals surface area contributed by atoms with Crippen LogP contribution in [0.25, 0.3) is 0 Å². The number of carbonyl (C=O) groups is 4. The standard InChI is InChI=1S/C25H32BN4O5/c1-16(2)22(30-25(34)35-4)24(33)29-20(14-27-19-8-6-5-7-9-19)23(32)28-15-21(31)17-10-12-18(26-3)13-11-17/h5-13,16,20,22,27H,14-15H2,1-4H3,(H,28,32)(H,29,33)(H,30,34)/t20-,22-/m0/s1. The molecule has 2 aromatic carbocycles. The molecule has 10 heteroatoms. The molecule has 2 aromatic rings. The van der Waals surface area contributed by atoms with E-state index in [1.165, 1.54) is 7.11 Å². The zero-order chi connectivity index (χ0) is 25.8. The molecule has 0 aliphatic carbocycles. The second-order valence-corrected chi connectivity index (χ2v) is 8.22. The van der Waals surface area contributed by atoms with Crippen molar-refractivity contribution in [2.45, 2.75) is 32.8 Å². The molecule has 1 radical (unpaired) electrons. The lowest BCUT2D eigenvalue weighted by molar-refractivity contribution is -0.130. The number of para-hydroxylation sites is 1. The minimum absolute atomic E-state index is 0.0693. The van der Waals surface area contributed by atoms with Gasteiger partial charge >= 0.3 is 6.09 Å². The van der Waals surface area contributed by atoms with Gasteiger partial charge in [0.1, 0.15) is 19.4 Å². The van der Waals surface area contributed by atoms with Crippen LogP contribution in [0.5, 0.6) is 0 Å². The highest BCUT2D eigenvalue weighted by molar-refractivity contribution is 6.51. The molecule has 4 N–H and O–H groups in total. The first-order valence-electron chi connectivity index (χ1n) is 11.4. The van der Waals surface area contributed by atoms with E-state index in [0.717, 1.165) is 11.2 Å². The van der Waals surface area contributed by atoms with Gasteiger partial charge in [-0.3, -0.25) is 14.4 Å². The molecule has 0 aromatic heterocycles. The van der Waals surface area contributed by atoms with Gasteiger partial charge in [-0.1, -0.05) is 68.6 Å². The van der Waals surface area contributed by atoms with Crippen LogP contribution in [0.4, 0.5) is 10.5 Å². The van der Waals surface area contributed by atoms with Gasteiger partial charge in [-0.05, 0) is 18.1 Å². The van der Waals surface area contributed by atoms with Crippen molar-refractivity contribution in [3.8, 4) is 0 Å². The fraction of sp³-hybridized carbons (Fsp3) is 0.360. The Morgan fingerprint density at radius 2 is 1.57 bits per heavy atom. The quantitative estimate of drug-likeness (QED) is 0.269. The molecule has 9 nitrogen and oxygen atoms in total. The number of alkyl carbamates (subject to hydrolysis) is 1. The van der Waals surface area contributed by atoms with Crippen LogP contribution in [0.15, 0.2) is 54.6 Å². The zero-order valence-corrected chi connectivity index (χ0v) is 20.5. The predicted molar refractivity (Wildman–Crippen MR) is 136 cm³/mol. The minimum atomic E-state index is -1.01. The Kier molecular flexibility index (Phi) is 10.8. The number of nitrogens with one attached hydrogen (secondary N) is 4. The van der Waals surface area contributed by atoms with Gasteiger partial charge in [-0.2, -0.15) is 0 Å². The van der Waals surface area contributed by atoms with E-state index in [4.69, 9.17) is 0 Å². The maximum Gasteiger partial charge on any atom is 0.407 e. The van der Waals surface area contributed by atoms with E-state index in [1.54, 1.807) is 26.0 Å². The van der Waals surface area contributed by atoms with E-state index in [-0.39, 0.29) is 24.8 Å². The molecule has 2 atom stereocenters. The lowest BCUT2D eigenvalue weighted by Gasteiger charge is -2.25. The molecule has 35 heavy (non-hydrogen) atoms. The third-order valence-corrected chi connectivity index (χ3v) is 5.31. The summed E-state index contributed by atoms with van der Waals surface area (Å²) in [5, 5.41) is 10.9. The highest BCUT2D eigenvalue weighted by Crippen LogP contribution is 2.07.